The normalized spacial score (nSPS) is 11.5. The van der Waals surface area contributed by atoms with Gasteiger partial charge in [-0.3, -0.25) is 14.1 Å². The van der Waals surface area contributed by atoms with E-state index in [2.05, 4.69) is 15.5 Å². The van der Waals surface area contributed by atoms with E-state index in [4.69, 9.17) is 4.74 Å². The van der Waals surface area contributed by atoms with E-state index in [9.17, 15) is 13.2 Å². The monoisotopic (exact) mass is 452 g/mol. The van der Waals surface area contributed by atoms with Crippen LogP contribution in [0.15, 0.2) is 89.1 Å². The zero-order chi connectivity index (χ0) is 23.0. The molecule has 0 atom stereocenters. The van der Waals surface area contributed by atoms with Crippen molar-refractivity contribution in [1.82, 2.24) is 10.4 Å². The summed E-state index contributed by atoms with van der Waals surface area (Å²) >= 11 is 0. The molecule has 0 unspecified atom stereocenters. The molecule has 0 aliphatic carbocycles. The van der Waals surface area contributed by atoms with Crippen molar-refractivity contribution in [2.45, 2.75) is 24.8 Å². The van der Waals surface area contributed by atoms with Gasteiger partial charge in [0.2, 0.25) is 0 Å². The zero-order valence-corrected chi connectivity index (χ0v) is 18.6. The number of benzene rings is 2. The summed E-state index contributed by atoms with van der Waals surface area (Å²) < 4.78 is 32.9. The number of nitrogens with one attached hydrogen (secondary N) is 1. The fourth-order valence-corrected chi connectivity index (χ4v) is 4.21. The Morgan fingerprint density at radius 3 is 2.44 bits per heavy atom. The Morgan fingerprint density at radius 2 is 1.81 bits per heavy atom. The number of sulfonamides is 1. The lowest BCUT2D eigenvalue weighted by atomic mass is 10.2. The molecule has 32 heavy (non-hydrogen) atoms. The summed E-state index contributed by atoms with van der Waals surface area (Å²) in [6, 6.07) is 18.3. The molecule has 1 heterocycles. The van der Waals surface area contributed by atoms with Crippen LogP contribution in [0.1, 0.15) is 19.4 Å². The molecule has 1 amide bonds. The molecule has 0 spiro atoms. The van der Waals surface area contributed by atoms with Crippen molar-refractivity contribution in [3.8, 4) is 5.75 Å². The van der Waals surface area contributed by atoms with Crippen molar-refractivity contribution in [3.63, 3.8) is 0 Å². The Hall–Kier alpha value is -3.72. The highest BCUT2D eigenvalue weighted by Crippen LogP contribution is 2.22. The predicted molar refractivity (Wildman–Crippen MR) is 123 cm³/mol. The van der Waals surface area contributed by atoms with E-state index in [1.807, 2.05) is 13.8 Å². The molecule has 0 saturated heterocycles. The Bertz CT molecular complexity index is 1150. The summed E-state index contributed by atoms with van der Waals surface area (Å²) in [6.07, 6.45) is 4.46. The molecule has 1 aromatic heterocycles. The van der Waals surface area contributed by atoms with Crippen LogP contribution in [0.2, 0.25) is 0 Å². The van der Waals surface area contributed by atoms with Crippen LogP contribution in [-0.2, 0) is 14.8 Å². The fraction of sp³-hybridized carbons (Fsp3) is 0.174. The number of hydrogen-bond donors (Lipinski definition) is 1. The molecule has 2 aromatic carbocycles. The highest BCUT2D eigenvalue weighted by Gasteiger charge is 2.27. The number of hydrazone groups is 1. The number of anilines is 1. The van der Waals surface area contributed by atoms with Crippen molar-refractivity contribution >= 4 is 27.8 Å². The van der Waals surface area contributed by atoms with Crippen LogP contribution in [-0.4, -0.2) is 38.2 Å². The highest BCUT2D eigenvalue weighted by molar-refractivity contribution is 7.92. The molecule has 0 aliphatic heterocycles. The highest BCUT2D eigenvalue weighted by atomic mass is 32.2. The molecule has 0 saturated carbocycles. The Balaban J connectivity index is 1.71. The van der Waals surface area contributed by atoms with Crippen LogP contribution in [0.4, 0.5) is 5.69 Å². The lowest BCUT2D eigenvalue weighted by Crippen LogP contribution is -2.39. The minimum absolute atomic E-state index is 0.0729. The minimum atomic E-state index is -3.97. The predicted octanol–water partition coefficient (Wildman–Crippen LogP) is 3.21. The largest absolute Gasteiger partial charge is 0.491 e. The summed E-state index contributed by atoms with van der Waals surface area (Å²) in [5.41, 5.74) is 3.40. The fourth-order valence-electron chi connectivity index (χ4n) is 2.79. The number of hydrogen-bond acceptors (Lipinski definition) is 6. The van der Waals surface area contributed by atoms with E-state index in [0.29, 0.717) is 0 Å². The summed E-state index contributed by atoms with van der Waals surface area (Å²) in [7, 11) is -3.97. The lowest BCUT2D eigenvalue weighted by molar-refractivity contribution is -0.119. The average molecular weight is 453 g/mol. The Morgan fingerprint density at radius 1 is 1.09 bits per heavy atom. The van der Waals surface area contributed by atoms with Crippen LogP contribution in [0.3, 0.4) is 0 Å². The third-order valence-electron chi connectivity index (χ3n) is 4.21. The standard InChI is InChI=1S/C23H24N4O4S/c1-18(2)31-21-12-10-19(11-13-21)15-25-26-23(28)17-27(20-7-6-14-24-16-20)32(29,30)22-8-4-3-5-9-22/h3-16,18H,17H2,1-2H3,(H,26,28)/b25-15+. The molecule has 0 radical (unpaired) electrons. The van der Waals surface area contributed by atoms with Crippen LogP contribution < -0.4 is 14.5 Å². The second kappa shape index (κ2) is 10.5. The third-order valence-corrected chi connectivity index (χ3v) is 6.00. The van der Waals surface area contributed by atoms with E-state index in [1.165, 1.54) is 30.7 Å². The van der Waals surface area contributed by atoms with Gasteiger partial charge < -0.3 is 4.74 Å². The zero-order valence-electron chi connectivity index (χ0n) is 17.8. The van der Waals surface area contributed by atoms with Gasteiger partial charge >= 0.3 is 0 Å². The number of carbonyl (C=O) groups excluding carboxylic acids is 1. The smallest absolute Gasteiger partial charge is 0.264 e. The molecule has 1 N–H and O–H groups in total. The second-order valence-corrected chi connectivity index (χ2v) is 8.93. The van der Waals surface area contributed by atoms with E-state index in [-0.39, 0.29) is 16.7 Å². The van der Waals surface area contributed by atoms with Crippen molar-refractivity contribution < 1.29 is 17.9 Å². The van der Waals surface area contributed by atoms with Gasteiger partial charge in [-0.1, -0.05) is 18.2 Å². The number of nitrogens with zero attached hydrogens (tertiary/aromatic N) is 3. The van der Waals surface area contributed by atoms with Gasteiger partial charge in [0.05, 0.1) is 29.1 Å². The Labute approximate surface area is 187 Å². The maximum Gasteiger partial charge on any atom is 0.264 e. The summed E-state index contributed by atoms with van der Waals surface area (Å²) in [4.78, 5) is 16.5. The number of amides is 1. The first-order chi connectivity index (χ1) is 15.4. The number of rotatable bonds is 9. The molecule has 0 fully saturated rings. The van der Waals surface area contributed by atoms with Crippen molar-refractivity contribution in [2.24, 2.45) is 5.10 Å². The molecular weight excluding hydrogens is 428 g/mol. The minimum Gasteiger partial charge on any atom is -0.491 e. The third kappa shape index (κ3) is 6.14. The molecule has 0 aliphatic rings. The first-order valence-corrected chi connectivity index (χ1v) is 11.4. The van der Waals surface area contributed by atoms with E-state index in [0.717, 1.165) is 15.6 Å². The van der Waals surface area contributed by atoms with E-state index in [1.54, 1.807) is 54.6 Å². The average Bonchev–Trinajstić information content (AvgIpc) is 2.79. The molecule has 3 rings (SSSR count). The molecule has 0 bridgehead atoms. The topological polar surface area (TPSA) is 101 Å². The molecular formula is C23H24N4O4S. The van der Waals surface area contributed by atoms with E-state index >= 15 is 0 Å². The van der Waals surface area contributed by atoms with Gasteiger partial charge in [0.25, 0.3) is 15.9 Å². The Kier molecular flexibility index (Phi) is 7.56. The molecule has 8 nitrogen and oxygen atoms in total. The number of aromatic nitrogens is 1. The molecule has 9 heteroatoms. The van der Waals surface area contributed by atoms with Crippen molar-refractivity contribution in [1.29, 1.82) is 0 Å². The van der Waals surface area contributed by atoms with E-state index < -0.39 is 22.5 Å². The first-order valence-electron chi connectivity index (χ1n) is 9.93. The number of ether oxygens (including phenoxy) is 1. The van der Waals surface area contributed by atoms with Gasteiger partial charge in [0, 0.05) is 6.20 Å². The second-order valence-electron chi connectivity index (χ2n) is 7.06. The van der Waals surface area contributed by atoms with Crippen LogP contribution in [0.25, 0.3) is 0 Å². The first kappa shape index (κ1) is 23.0. The summed E-state index contributed by atoms with van der Waals surface area (Å²) in [5.74, 6) is 0.142. The van der Waals surface area contributed by atoms with Crippen molar-refractivity contribution in [3.05, 3.63) is 84.7 Å². The van der Waals surface area contributed by atoms with Gasteiger partial charge in [-0.2, -0.15) is 5.10 Å². The lowest BCUT2D eigenvalue weighted by Gasteiger charge is -2.23. The quantitative estimate of drug-likeness (QED) is 0.397. The van der Waals surface area contributed by atoms with Gasteiger partial charge in [-0.25, -0.2) is 13.8 Å². The maximum atomic E-state index is 13.1. The summed E-state index contributed by atoms with van der Waals surface area (Å²) in [6.45, 7) is 3.43. The van der Waals surface area contributed by atoms with Gasteiger partial charge in [-0.15, -0.1) is 0 Å². The van der Waals surface area contributed by atoms with Crippen LogP contribution >= 0.6 is 0 Å². The van der Waals surface area contributed by atoms with Gasteiger partial charge in [0.15, 0.2) is 0 Å². The van der Waals surface area contributed by atoms with Crippen LogP contribution in [0, 0.1) is 0 Å². The van der Waals surface area contributed by atoms with Gasteiger partial charge in [0.1, 0.15) is 12.3 Å². The SMILES string of the molecule is CC(C)Oc1ccc(/C=N/NC(=O)CN(c2cccnc2)S(=O)(=O)c2ccccc2)cc1. The molecule has 166 valence electrons. The van der Waals surface area contributed by atoms with Gasteiger partial charge in [-0.05, 0) is 67.9 Å². The van der Waals surface area contributed by atoms with Crippen molar-refractivity contribution in [2.75, 3.05) is 10.8 Å². The maximum absolute atomic E-state index is 13.1. The van der Waals surface area contributed by atoms with Crippen LogP contribution in [0.5, 0.6) is 5.75 Å². The summed E-state index contributed by atoms with van der Waals surface area (Å²) in [5, 5.41) is 3.93. The number of pyridine rings is 1. The number of carbonyl (C=O) groups is 1. The molecule has 3 aromatic rings.